The Balaban J connectivity index is 2.63. The Labute approximate surface area is 112 Å². The molecule has 0 bridgehead atoms. The molecule has 4 heteroatoms. The van der Waals surface area contributed by atoms with Gasteiger partial charge in [0.25, 0.3) is 0 Å². The fourth-order valence-corrected chi connectivity index (χ4v) is 2.61. The predicted molar refractivity (Wildman–Crippen MR) is 73.7 cm³/mol. The highest BCUT2D eigenvalue weighted by molar-refractivity contribution is 6.17. The van der Waals surface area contributed by atoms with Crippen molar-refractivity contribution >= 4 is 22.6 Å². The third-order valence-electron chi connectivity index (χ3n) is 3.35. The molecule has 2 aromatic rings. The molecule has 0 N–H and O–H groups in total. The van der Waals surface area contributed by atoms with Gasteiger partial charge in [0.15, 0.2) is 0 Å². The molecule has 98 valence electrons. The van der Waals surface area contributed by atoms with Crippen LogP contribution >= 0.6 is 11.6 Å². The van der Waals surface area contributed by atoms with Crippen molar-refractivity contribution in [3.63, 3.8) is 0 Å². The number of hydrogen-bond acceptors (Lipinski definition) is 1. The number of rotatable bonds is 5. The van der Waals surface area contributed by atoms with Crippen molar-refractivity contribution < 1.29 is 4.39 Å². The van der Waals surface area contributed by atoms with Crippen LogP contribution in [-0.2, 0) is 6.42 Å². The summed E-state index contributed by atoms with van der Waals surface area (Å²) in [5.74, 6) is 1.28. The van der Waals surface area contributed by atoms with Gasteiger partial charge in [-0.15, -0.1) is 11.6 Å². The maximum atomic E-state index is 13.4. The Hall–Kier alpha value is -1.09. The molecule has 0 unspecified atom stereocenters. The summed E-state index contributed by atoms with van der Waals surface area (Å²) in [5.41, 5.74) is 1.73. The van der Waals surface area contributed by atoms with E-state index in [2.05, 4.69) is 23.4 Å². The number of imidazole rings is 1. The Kier molecular flexibility index (Phi) is 4.23. The molecular weight excluding hydrogens is 251 g/mol. The normalized spacial score (nSPS) is 11.6. The molecule has 2 nitrogen and oxygen atoms in total. The minimum absolute atomic E-state index is 0.216. The van der Waals surface area contributed by atoms with Gasteiger partial charge in [0, 0.05) is 18.3 Å². The highest BCUT2D eigenvalue weighted by atomic mass is 35.5. The van der Waals surface area contributed by atoms with E-state index in [1.165, 1.54) is 6.07 Å². The number of fused-ring (bicyclic) bond motifs is 1. The minimum Gasteiger partial charge on any atom is -0.325 e. The summed E-state index contributed by atoms with van der Waals surface area (Å²) in [4.78, 5) is 4.57. The van der Waals surface area contributed by atoms with E-state index >= 15 is 0 Å². The van der Waals surface area contributed by atoms with Gasteiger partial charge in [-0.25, -0.2) is 9.37 Å². The summed E-state index contributed by atoms with van der Waals surface area (Å²) in [6, 6.07) is 5.12. The Morgan fingerprint density at radius 3 is 2.67 bits per heavy atom. The fourth-order valence-electron chi connectivity index (χ4n) is 2.44. The van der Waals surface area contributed by atoms with Crippen LogP contribution in [-0.4, -0.2) is 15.4 Å². The van der Waals surface area contributed by atoms with Crippen LogP contribution in [0, 0.1) is 5.82 Å². The molecule has 1 aromatic carbocycles. The van der Waals surface area contributed by atoms with Crippen molar-refractivity contribution in [1.29, 1.82) is 0 Å². The highest BCUT2D eigenvalue weighted by Crippen LogP contribution is 2.26. The lowest BCUT2D eigenvalue weighted by molar-refractivity contribution is 0.468. The van der Waals surface area contributed by atoms with E-state index in [-0.39, 0.29) is 5.82 Å². The van der Waals surface area contributed by atoms with Crippen LogP contribution in [0.1, 0.15) is 38.6 Å². The molecule has 18 heavy (non-hydrogen) atoms. The zero-order valence-corrected chi connectivity index (χ0v) is 11.5. The Morgan fingerprint density at radius 1 is 1.33 bits per heavy atom. The molecule has 0 aliphatic rings. The zero-order chi connectivity index (χ0) is 13.1. The highest BCUT2D eigenvalue weighted by Gasteiger charge is 2.16. The van der Waals surface area contributed by atoms with E-state index in [9.17, 15) is 4.39 Å². The van der Waals surface area contributed by atoms with Crippen LogP contribution in [0.25, 0.3) is 11.0 Å². The summed E-state index contributed by atoms with van der Waals surface area (Å²) in [6.07, 6.45) is 2.73. The third kappa shape index (κ3) is 2.37. The molecule has 1 heterocycles. The molecule has 2 rings (SSSR count). The lowest BCUT2D eigenvalue weighted by atomic mass is 10.1. The van der Waals surface area contributed by atoms with Gasteiger partial charge in [-0.05, 0) is 31.0 Å². The molecular formula is C14H18ClFN2. The SMILES string of the molecule is CCC(CC)n1c(CCCl)nc2ccc(F)cc21. The zero-order valence-electron chi connectivity index (χ0n) is 10.8. The van der Waals surface area contributed by atoms with Gasteiger partial charge in [0.05, 0.1) is 11.0 Å². The second-order valence-electron chi connectivity index (χ2n) is 4.44. The van der Waals surface area contributed by atoms with Crippen LogP contribution in [0.3, 0.4) is 0 Å². The number of benzene rings is 1. The van der Waals surface area contributed by atoms with Gasteiger partial charge in [-0.2, -0.15) is 0 Å². The average molecular weight is 269 g/mol. The number of nitrogens with zero attached hydrogens (tertiary/aromatic N) is 2. The van der Waals surface area contributed by atoms with Crippen molar-refractivity contribution in [2.24, 2.45) is 0 Å². The molecule has 0 atom stereocenters. The molecule has 0 spiro atoms. The Bertz CT molecular complexity index is 532. The van der Waals surface area contributed by atoms with E-state index in [4.69, 9.17) is 11.6 Å². The van der Waals surface area contributed by atoms with Crippen LogP contribution < -0.4 is 0 Å². The van der Waals surface area contributed by atoms with E-state index in [0.717, 1.165) is 29.7 Å². The number of aryl methyl sites for hydroxylation is 1. The van der Waals surface area contributed by atoms with Crippen molar-refractivity contribution in [2.75, 3.05) is 5.88 Å². The van der Waals surface area contributed by atoms with Crippen molar-refractivity contribution in [3.8, 4) is 0 Å². The number of hydrogen-bond donors (Lipinski definition) is 0. The second kappa shape index (κ2) is 5.70. The molecule has 0 aliphatic carbocycles. The molecule has 1 aromatic heterocycles. The fraction of sp³-hybridized carbons (Fsp3) is 0.500. The van der Waals surface area contributed by atoms with Gasteiger partial charge >= 0.3 is 0 Å². The first-order valence-electron chi connectivity index (χ1n) is 6.43. The maximum absolute atomic E-state index is 13.4. The molecule has 0 amide bonds. The van der Waals surface area contributed by atoms with Gasteiger partial charge in [-0.3, -0.25) is 0 Å². The van der Waals surface area contributed by atoms with Crippen molar-refractivity contribution in [1.82, 2.24) is 9.55 Å². The minimum atomic E-state index is -0.216. The lowest BCUT2D eigenvalue weighted by Gasteiger charge is -2.18. The predicted octanol–water partition coefficient (Wildman–Crippen LogP) is 4.32. The van der Waals surface area contributed by atoms with Gasteiger partial charge in [-0.1, -0.05) is 13.8 Å². The molecule has 0 aliphatic heterocycles. The van der Waals surface area contributed by atoms with Crippen molar-refractivity contribution in [2.45, 2.75) is 39.2 Å². The van der Waals surface area contributed by atoms with Crippen LogP contribution in [0.5, 0.6) is 0 Å². The standard InChI is InChI=1S/C14H18ClFN2/c1-3-11(4-2)18-13-9-10(16)5-6-12(13)17-14(18)7-8-15/h5-6,9,11H,3-4,7-8H2,1-2H3. The molecule has 0 radical (unpaired) electrons. The van der Waals surface area contributed by atoms with Gasteiger partial charge in [0.1, 0.15) is 11.6 Å². The quantitative estimate of drug-likeness (QED) is 0.739. The van der Waals surface area contributed by atoms with Crippen LogP contribution in [0.2, 0.25) is 0 Å². The molecule has 0 saturated heterocycles. The first kappa shape index (κ1) is 13.3. The van der Waals surface area contributed by atoms with Gasteiger partial charge in [0.2, 0.25) is 0 Å². The lowest BCUT2D eigenvalue weighted by Crippen LogP contribution is -2.11. The van der Waals surface area contributed by atoms with Crippen LogP contribution in [0.4, 0.5) is 4.39 Å². The monoisotopic (exact) mass is 268 g/mol. The smallest absolute Gasteiger partial charge is 0.125 e. The van der Waals surface area contributed by atoms with E-state index in [1.54, 1.807) is 12.1 Å². The number of alkyl halides is 1. The first-order chi connectivity index (χ1) is 8.71. The summed E-state index contributed by atoms with van der Waals surface area (Å²) in [7, 11) is 0. The number of aromatic nitrogens is 2. The average Bonchev–Trinajstić information content (AvgIpc) is 2.70. The molecule has 0 saturated carbocycles. The summed E-state index contributed by atoms with van der Waals surface area (Å²) < 4.78 is 15.6. The summed E-state index contributed by atoms with van der Waals surface area (Å²) >= 11 is 5.83. The Morgan fingerprint density at radius 2 is 2.06 bits per heavy atom. The number of halogens is 2. The second-order valence-corrected chi connectivity index (χ2v) is 4.82. The van der Waals surface area contributed by atoms with Gasteiger partial charge < -0.3 is 4.57 Å². The molecule has 0 fully saturated rings. The topological polar surface area (TPSA) is 17.8 Å². The van der Waals surface area contributed by atoms with Crippen molar-refractivity contribution in [3.05, 3.63) is 29.8 Å². The summed E-state index contributed by atoms with van der Waals surface area (Å²) in [5, 5.41) is 0. The third-order valence-corrected chi connectivity index (χ3v) is 3.54. The largest absolute Gasteiger partial charge is 0.325 e. The van der Waals surface area contributed by atoms with Crippen LogP contribution in [0.15, 0.2) is 18.2 Å². The van der Waals surface area contributed by atoms with E-state index in [1.807, 2.05) is 0 Å². The maximum Gasteiger partial charge on any atom is 0.125 e. The first-order valence-corrected chi connectivity index (χ1v) is 6.97. The summed E-state index contributed by atoms with van der Waals surface area (Å²) in [6.45, 7) is 4.29. The van der Waals surface area contributed by atoms with E-state index < -0.39 is 0 Å². The van der Waals surface area contributed by atoms with E-state index in [0.29, 0.717) is 18.3 Å².